The van der Waals surface area contributed by atoms with Gasteiger partial charge in [0, 0.05) is 5.69 Å². The van der Waals surface area contributed by atoms with E-state index >= 15 is 0 Å². The summed E-state index contributed by atoms with van der Waals surface area (Å²) in [7, 11) is -1.25. The van der Waals surface area contributed by atoms with Crippen LogP contribution in [0.4, 0.5) is 11.4 Å². The average Bonchev–Trinajstić information content (AvgIpc) is 3.74. The zero-order valence-electron chi connectivity index (χ0n) is 19.6. The minimum atomic E-state index is -3.57. The smallest absolute Gasteiger partial charge is 0.355 e. The van der Waals surface area contributed by atoms with Crippen LogP contribution in [-0.2, 0) is 29.1 Å². The molecule has 0 aromatic heterocycles. The second-order valence-electron chi connectivity index (χ2n) is 8.23. The minimum absolute atomic E-state index is 0.0122. The number of nitrogens with one attached hydrogen (secondary N) is 1. The molecule has 1 atom stereocenters. The fourth-order valence-corrected chi connectivity index (χ4v) is 5.49. The standard InChI is InChI=1S/C25H24N4O6S/c1-34-24(30)21-20(15-7-4-3-5-8-15)19(14-26)23(27)29(22(21)25(31)35-2)17-10-6-9-16(13-17)28-36(32,33)18-11-12-18/h3-10,13,18,20,28H,11-12,27H2,1-2H3. The molecule has 36 heavy (non-hydrogen) atoms. The van der Waals surface area contributed by atoms with Gasteiger partial charge < -0.3 is 15.2 Å². The van der Waals surface area contributed by atoms with Gasteiger partial charge in [0.25, 0.3) is 0 Å². The second-order valence-corrected chi connectivity index (χ2v) is 10.2. The summed E-state index contributed by atoms with van der Waals surface area (Å²) in [5, 5.41) is 9.64. The molecule has 186 valence electrons. The molecule has 2 aliphatic rings. The largest absolute Gasteiger partial charge is 0.466 e. The van der Waals surface area contributed by atoms with E-state index in [4.69, 9.17) is 15.2 Å². The first-order valence-corrected chi connectivity index (χ1v) is 12.6. The number of carbonyl (C=O) groups excluding carboxylic acids is 2. The van der Waals surface area contributed by atoms with Gasteiger partial charge >= 0.3 is 11.9 Å². The van der Waals surface area contributed by atoms with E-state index in [1.54, 1.807) is 48.5 Å². The molecule has 1 aliphatic carbocycles. The van der Waals surface area contributed by atoms with Crippen molar-refractivity contribution < 1.29 is 27.5 Å². The van der Waals surface area contributed by atoms with E-state index < -0.39 is 33.1 Å². The number of anilines is 2. The van der Waals surface area contributed by atoms with Crippen LogP contribution in [-0.4, -0.2) is 39.8 Å². The predicted molar refractivity (Wildman–Crippen MR) is 132 cm³/mol. The van der Waals surface area contributed by atoms with Gasteiger partial charge in [-0.1, -0.05) is 36.4 Å². The summed E-state index contributed by atoms with van der Waals surface area (Å²) in [6.45, 7) is 0. The highest BCUT2D eigenvalue weighted by molar-refractivity contribution is 7.93. The van der Waals surface area contributed by atoms with Crippen molar-refractivity contribution in [2.75, 3.05) is 23.8 Å². The molecule has 0 radical (unpaired) electrons. The molecular weight excluding hydrogens is 484 g/mol. The molecule has 3 N–H and O–H groups in total. The Labute approximate surface area is 208 Å². The van der Waals surface area contributed by atoms with Crippen molar-refractivity contribution in [2.24, 2.45) is 5.73 Å². The number of hydrogen-bond donors (Lipinski definition) is 2. The van der Waals surface area contributed by atoms with Gasteiger partial charge in [0.05, 0.1) is 48.3 Å². The molecule has 1 saturated carbocycles. The second kappa shape index (κ2) is 9.75. The molecule has 1 unspecified atom stereocenters. The topological polar surface area (TPSA) is 152 Å². The number of ether oxygens (including phenoxy) is 2. The van der Waals surface area contributed by atoms with Crippen molar-refractivity contribution in [2.45, 2.75) is 24.0 Å². The van der Waals surface area contributed by atoms with Crippen LogP contribution in [0, 0.1) is 11.3 Å². The fourth-order valence-electron chi connectivity index (χ4n) is 4.12. The maximum absolute atomic E-state index is 13.1. The minimum Gasteiger partial charge on any atom is -0.466 e. The van der Waals surface area contributed by atoms with E-state index in [2.05, 4.69) is 10.8 Å². The number of nitriles is 1. The molecule has 0 saturated heterocycles. The zero-order valence-corrected chi connectivity index (χ0v) is 20.4. The van der Waals surface area contributed by atoms with Crippen molar-refractivity contribution >= 4 is 33.3 Å². The highest BCUT2D eigenvalue weighted by Gasteiger charge is 2.43. The molecular formula is C25H24N4O6S. The van der Waals surface area contributed by atoms with Crippen molar-refractivity contribution in [3.8, 4) is 6.07 Å². The molecule has 10 nitrogen and oxygen atoms in total. The summed E-state index contributed by atoms with van der Waals surface area (Å²) in [5.41, 5.74) is 7.13. The Bertz CT molecular complexity index is 1420. The average molecular weight is 509 g/mol. The number of esters is 2. The quantitative estimate of drug-likeness (QED) is 0.537. The van der Waals surface area contributed by atoms with Crippen molar-refractivity contribution in [3.63, 3.8) is 0 Å². The van der Waals surface area contributed by atoms with E-state index in [0.29, 0.717) is 18.4 Å². The molecule has 0 amide bonds. The van der Waals surface area contributed by atoms with E-state index in [1.807, 2.05) is 0 Å². The summed E-state index contributed by atoms with van der Waals surface area (Å²) in [6, 6.07) is 16.9. The van der Waals surface area contributed by atoms with Crippen LogP contribution in [0.1, 0.15) is 24.3 Å². The predicted octanol–water partition coefficient (Wildman–Crippen LogP) is 2.49. The molecule has 1 aliphatic heterocycles. The molecule has 0 bridgehead atoms. The Hall–Kier alpha value is -4.30. The number of carbonyl (C=O) groups is 2. The van der Waals surface area contributed by atoms with E-state index in [0.717, 1.165) is 14.2 Å². The monoisotopic (exact) mass is 508 g/mol. The van der Waals surface area contributed by atoms with Gasteiger partial charge in [-0.25, -0.2) is 18.0 Å². The Morgan fingerprint density at radius 1 is 1.06 bits per heavy atom. The van der Waals surface area contributed by atoms with E-state index in [1.165, 1.54) is 11.0 Å². The molecule has 0 spiro atoms. The zero-order chi connectivity index (χ0) is 26.0. The number of hydrogen-bond acceptors (Lipinski definition) is 9. The van der Waals surface area contributed by atoms with E-state index in [9.17, 15) is 23.3 Å². The summed E-state index contributed by atoms with van der Waals surface area (Å²) < 4.78 is 37.5. The third kappa shape index (κ3) is 4.50. The normalized spacial score (nSPS) is 17.9. The van der Waals surface area contributed by atoms with Crippen LogP contribution >= 0.6 is 0 Å². The molecule has 4 rings (SSSR count). The lowest BCUT2D eigenvalue weighted by molar-refractivity contribution is -0.139. The maximum Gasteiger partial charge on any atom is 0.355 e. The Balaban J connectivity index is 1.94. The Morgan fingerprint density at radius 3 is 2.31 bits per heavy atom. The van der Waals surface area contributed by atoms with Crippen LogP contribution in [0.15, 0.2) is 77.3 Å². The Kier molecular flexibility index (Phi) is 6.72. The summed E-state index contributed by atoms with van der Waals surface area (Å²) in [4.78, 5) is 27.4. The third-order valence-electron chi connectivity index (χ3n) is 5.94. The SMILES string of the molecule is COC(=O)C1=C(C(=O)OC)N(c2cccc(NS(=O)(=O)C3CC3)c2)C(N)=C(C#N)C1c1ccccc1. The highest BCUT2D eigenvalue weighted by atomic mass is 32.2. The number of benzene rings is 2. The van der Waals surface area contributed by atoms with Gasteiger partial charge in [-0.15, -0.1) is 0 Å². The molecule has 2 aromatic carbocycles. The van der Waals surface area contributed by atoms with Gasteiger partial charge in [-0.2, -0.15) is 5.26 Å². The number of allylic oxidation sites excluding steroid dienone is 1. The van der Waals surface area contributed by atoms with E-state index in [-0.39, 0.29) is 34.0 Å². The van der Waals surface area contributed by atoms with Crippen molar-refractivity contribution in [3.05, 3.63) is 82.8 Å². The van der Waals surface area contributed by atoms with Crippen LogP contribution in [0.25, 0.3) is 0 Å². The molecule has 1 fully saturated rings. The van der Waals surface area contributed by atoms with Crippen LogP contribution in [0.3, 0.4) is 0 Å². The lowest BCUT2D eigenvalue weighted by Gasteiger charge is -2.36. The molecule has 2 aromatic rings. The summed E-state index contributed by atoms with van der Waals surface area (Å²) in [6.07, 6.45) is 1.17. The Morgan fingerprint density at radius 2 is 1.72 bits per heavy atom. The van der Waals surface area contributed by atoms with Gasteiger partial charge in [0.15, 0.2) is 0 Å². The fraction of sp³-hybridized carbons (Fsp3) is 0.240. The first kappa shape index (κ1) is 24.8. The first-order valence-electron chi connectivity index (χ1n) is 11.0. The van der Waals surface area contributed by atoms with Crippen LogP contribution < -0.4 is 15.4 Å². The van der Waals surface area contributed by atoms with Crippen molar-refractivity contribution in [1.82, 2.24) is 0 Å². The lowest BCUT2D eigenvalue weighted by Crippen LogP contribution is -2.40. The van der Waals surface area contributed by atoms with Crippen LogP contribution in [0.2, 0.25) is 0 Å². The van der Waals surface area contributed by atoms with Gasteiger partial charge in [-0.05, 0) is 36.6 Å². The number of nitrogens with two attached hydrogens (primary N) is 1. The lowest BCUT2D eigenvalue weighted by atomic mass is 9.81. The summed E-state index contributed by atoms with van der Waals surface area (Å²) >= 11 is 0. The molecule has 11 heteroatoms. The summed E-state index contributed by atoms with van der Waals surface area (Å²) in [5.74, 6) is -2.84. The number of nitrogens with zero attached hydrogens (tertiary/aromatic N) is 2. The highest BCUT2D eigenvalue weighted by Crippen LogP contribution is 2.43. The van der Waals surface area contributed by atoms with Gasteiger partial charge in [0.2, 0.25) is 10.0 Å². The number of methoxy groups -OCH3 is 2. The molecule has 1 heterocycles. The third-order valence-corrected chi connectivity index (χ3v) is 7.81. The van der Waals surface area contributed by atoms with Gasteiger partial charge in [-0.3, -0.25) is 9.62 Å². The van der Waals surface area contributed by atoms with Gasteiger partial charge in [0.1, 0.15) is 11.5 Å². The maximum atomic E-state index is 13.1. The first-order chi connectivity index (χ1) is 17.2. The number of rotatable bonds is 7. The number of sulfonamides is 1. The van der Waals surface area contributed by atoms with Crippen molar-refractivity contribution in [1.29, 1.82) is 5.26 Å². The van der Waals surface area contributed by atoms with Crippen LogP contribution in [0.5, 0.6) is 0 Å².